The minimum Gasteiger partial charge on any atom is -0.393 e. The van der Waals surface area contributed by atoms with Crippen molar-refractivity contribution in [3.63, 3.8) is 0 Å². The van der Waals surface area contributed by atoms with Crippen LogP contribution in [0.4, 0.5) is 0 Å². The molecule has 0 unspecified atom stereocenters. The van der Waals surface area contributed by atoms with Gasteiger partial charge in [-0.25, -0.2) is 0 Å². The highest BCUT2D eigenvalue weighted by molar-refractivity contribution is 4.89. The van der Waals surface area contributed by atoms with Crippen molar-refractivity contribution >= 4 is 0 Å². The SMILES string of the molecule is C[C@@H]1C[C@@H](O)[C@@H](C(C)(C)C)C[C@H]1O. The number of aliphatic hydroxyl groups excluding tert-OH is 2. The summed E-state index contributed by atoms with van der Waals surface area (Å²) in [7, 11) is 0. The first-order valence-corrected chi connectivity index (χ1v) is 5.18. The van der Waals surface area contributed by atoms with Crippen LogP contribution in [0.25, 0.3) is 0 Å². The molecule has 2 N–H and O–H groups in total. The van der Waals surface area contributed by atoms with Gasteiger partial charge in [-0.1, -0.05) is 27.7 Å². The van der Waals surface area contributed by atoms with E-state index < -0.39 is 0 Å². The highest BCUT2D eigenvalue weighted by Crippen LogP contribution is 2.39. The highest BCUT2D eigenvalue weighted by atomic mass is 16.3. The molecule has 0 radical (unpaired) electrons. The fourth-order valence-electron chi connectivity index (χ4n) is 2.28. The number of rotatable bonds is 0. The van der Waals surface area contributed by atoms with E-state index >= 15 is 0 Å². The lowest BCUT2D eigenvalue weighted by atomic mass is 9.67. The van der Waals surface area contributed by atoms with Crippen LogP contribution >= 0.6 is 0 Å². The third kappa shape index (κ3) is 2.44. The molecule has 13 heavy (non-hydrogen) atoms. The molecule has 2 heteroatoms. The first-order chi connectivity index (χ1) is 5.82. The van der Waals surface area contributed by atoms with Gasteiger partial charge in [-0.15, -0.1) is 0 Å². The molecule has 0 saturated heterocycles. The van der Waals surface area contributed by atoms with Gasteiger partial charge < -0.3 is 10.2 Å². The van der Waals surface area contributed by atoms with Gasteiger partial charge in [0.15, 0.2) is 0 Å². The Balaban J connectivity index is 2.67. The first kappa shape index (κ1) is 11.0. The standard InChI is InChI=1S/C11H22O2/c1-7-5-10(13)8(6-9(7)12)11(2,3)4/h7-10,12-13H,5-6H2,1-4H3/t7-,8+,9-,10-/m1/s1. The van der Waals surface area contributed by atoms with E-state index in [4.69, 9.17) is 0 Å². The van der Waals surface area contributed by atoms with Crippen molar-refractivity contribution in [1.82, 2.24) is 0 Å². The van der Waals surface area contributed by atoms with Gasteiger partial charge in [0, 0.05) is 0 Å². The molecule has 1 aliphatic rings. The number of hydrogen-bond acceptors (Lipinski definition) is 2. The summed E-state index contributed by atoms with van der Waals surface area (Å²) < 4.78 is 0. The Hall–Kier alpha value is -0.0800. The van der Waals surface area contributed by atoms with E-state index in [-0.39, 0.29) is 29.5 Å². The summed E-state index contributed by atoms with van der Waals surface area (Å²) in [6, 6.07) is 0. The van der Waals surface area contributed by atoms with Crippen LogP contribution in [0.2, 0.25) is 0 Å². The molecular weight excluding hydrogens is 164 g/mol. The van der Waals surface area contributed by atoms with Gasteiger partial charge in [-0.2, -0.15) is 0 Å². The molecule has 1 saturated carbocycles. The molecule has 4 atom stereocenters. The van der Waals surface area contributed by atoms with Gasteiger partial charge in [0.25, 0.3) is 0 Å². The van der Waals surface area contributed by atoms with Crippen molar-refractivity contribution in [2.45, 2.75) is 52.7 Å². The van der Waals surface area contributed by atoms with Crippen molar-refractivity contribution in [1.29, 1.82) is 0 Å². The minimum absolute atomic E-state index is 0.0978. The molecular formula is C11H22O2. The Morgan fingerprint density at radius 1 is 1.00 bits per heavy atom. The quantitative estimate of drug-likeness (QED) is 0.605. The van der Waals surface area contributed by atoms with Crippen LogP contribution in [-0.2, 0) is 0 Å². The molecule has 0 amide bonds. The summed E-state index contributed by atoms with van der Waals surface area (Å²) in [5.41, 5.74) is 0.0978. The van der Waals surface area contributed by atoms with E-state index in [0.717, 1.165) is 12.8 Å². The maximum atomic E-state index is 9.88. The van der Waals surface area contributed by atoms with Crippen molar-refractivity contribution in [2.24, 2.45) is 17.3 Å². The summed E-state index contributed by atoms with van der Waals surface area (Å²) in [4.78, 5) is 0. The molecule has 2 nitrogen and oxygen atoms in total. The lowest BCUT2D eigenvalue weighted by Crippen LogP contribution is -2.43. The Labute approximate surface area is 81.0 Å². The molecule has 0 aromatic heterocycles. The second kappa shape index (κ2) is 3.58. The molecule has 0 aromatic carbocycles. The summed E-state index contributed by atoms with van der Waals surface area (Å²) in [5.74, 6) is 0.479. The third-order valence-corrected chi connectivity index (χ3v) is 3.34. The van der Waals surface area contributed by atoms with Gasteiger partial charge >= 0.3 is 0 Å². The van der Waals surface area contributed by atoms with Gasteiger partial charge in [0.2, 0.25) is 0 Å². The third-order valence-electron chi connectivity index (χ3n) is 3.34. The molecule has 0 spiro atoms. The van der Waals surface area contributed by atoms with Gasteiger partial charge in [0.05, 0.1) is 12.2 Å². The smallest absolute Gasteiger partial charge is 0.0577 e. The van der Waals surface area contributed by atoms with E-state index in [1.807, 2.05) is 6.92 Å². The molecule has 0 aliphatic heterocycles. The topological polar surface area (TPSA) is 40.5 Å². The Kier molecular flexibility index (Phi) is 3.03. The zero-order valence-corrected chi connectivity index (χ0v) is 9.12. The second-order valence-electron chi connectivity index (χ2n) is 5.56. The Bertz CT molecular complexity index is 171. The monoisotopic (exact) mass is 186 g/mol. The average molecular weight is 186 g/mol. The molecule has 0 bridgehead atoms. The maximum Gasteiger partial charge on any atom is 0.0577 e. The summed E-state index contributed by atoms with van der Waals surface area (Å²) in [6.45, 7) is 8.39. The summed E-state index contributed by atoms with van der Waals surface area (Å²) in [5, 5.41) is 19.6. The second-order valence-corrected chi connectivity index (χ2v) is 5.56. The normalized spacial score (nSPS) is 42.0. The molecule has 1 aliphatic carbocycles. The molecule has 1 fully saturated rings. The Morgan fingerprint density at radius 2 is 1.54 bits per heavy atom. The van der Waals surface area contributed by atoms with Crippen LogP contribution in [0.15, 0.2) is 0 Å². The molecule has 0 aromatic rings. The molecule has 1 rings (SSSR count). The number of hydrogen-bond donors (Lipinski definition) is 2. The van der Waals surface area contributed by atoms with Crippen LogP contribution < -0.4 is 0 Å². The van der Waals surface area contributed by atoms with Gasteiger partial charge in [0.1, 0.15) is 0 Å². The molecule has 78 valence electrons. The fraction of sp³-hybridized carbons (Fsp3) is 1.00. The lowest BCUT2D eigenvalue weighted by Gasteiger charge is -2.42. The van der Waals surface area contributed by atoms with Crippen LogP contribution in [-0.4, -0.2) is 22.4 Å². The van der Waals surface area contributed by atoms with E-state index in [1.54, 1.807) is 0 Å². The van der Waals surface area contributed by atoms with Crippen molar-refractivity contribution in [3.05, 3.63) is 0 Å². The predicted molar refractivity (Wildman–Crippen MR) is 53.4 cm³/mol. The molecule has 0 heterocycles. The maximum absolute atomic E-state index is 9.88. The van der Waals surface area contributed by atoms with Crippen molar-refractivity contribution in [3.8, 4) is 0 Å². The fourth-order valence-corrected chi connectivity index (χ4v) is 2.28. The van der Waals surface area contributed by atoms with E-state index in [1.165, 1.54) is 0 Å². The summed E-state index contributed by atoms with van der Waals surface area (Å²) in [6.07, 6.45) is 1.01. The zero-order valence-electron chi connectivity index (χ0n) is 9.12. The van der Waals surface area contributed by atoms with Gasteiger partial charge in [-0.3, -0.25) is 0 Å². The van der Waals surface area contributed by atoms with E-state index in [9.17, 15) is 10.2 Å². The number of aliphatic hydroxyl groups is 2. The van der Waals surface area contributed by atoms with Crippen molar-refractivity contribution < 1.29 is 10.2 Å². The van der Waals surface area contributed by atoms with Crippen molar-refractivity contribution in [2.75, 3.05) is 0 Å². The first-order valence-electron chi connectivity index (χ1n) is 5.18. The van der Waals surface area contributed by atoms with E-state index in [2.05, 4.69) is 20.8 Å². The van der Waals surface area contributed by atoms with Crippen LogP contribution in [0.5, 0.6) is 0 Å². The van der Waals surface area contributed by atoms with Gasteiger partial charge in [-0.05, 0) is 30.1 Å². The minimum atomic E-state index is -0.238. The highest BCUT2D eigenvalue weighted by Gasteiger charge is 2.39. The van der Waals surface area contributed by atoms with Crippen LogP contribution in [0, 0.1) is 17.3 Å². The Morgan fingerprint density at radius 3 is 2.00 bits per heavy atom. The largest absolute Gasteiger partial charge is 0.393 e. The van der Waals surface area contributed by atoms with E-state index in [0.29, 0.717) is 0 Å². The average Bonchev–Trinajstić information content (AvgIpc) is 1.94. The lowest BCUT2D eigenvalue weighted by molar-refractivity contribution is -0.0628. The summed E-state index contributed by atoms with van der Waals surface area (Å²) >= 11 is 0. The van der Waals surface area contributed by atoms with Crippen LogP contribution in [0.1, 0.15) is 40.5 Å². The zero-order chi connectivity index (χ0) is 10.2. The van der Waals surface area contributed by atoms with Crippen LogP contribution in [0.3, 0.4) is 0 Å². The predicted octanol–water partition coefficient (Wildman–Crippen LogP) is 1.80.